The maximum atomic E-state index is 12.4. The first-order chi connectivity index (χ1) is 13.5. The van der Waals surface area contributed by atoms with E-state index >= 15 is 0 Å². The van der Waals surface area contributed by atoms with E-state index in [9.17, 15) is 4.79 Å². The van der Waals surface area contributed by atoms with Crippen LogP contribution in [0.25, 0.3) is 5.65 Å². The van der Waals surface area contributed by atoms with Gasteiger partial charge in [0.15, 0.2) is 11.5 Å². The van der Waals surface area contributed by atoms with Crippen LogP contribution in [0.3, 0.4) is 0 Å². The number of hydrogen-bond donors (Lipinski definition) is 2. The van der Waals surface area contributed by atoms with Gasteiger partial charge in [-0.25, -0.2) is 9.50 Å². The fourth-order valence-electron chi connectivity index (χ4n) is 3.66. The van der Waals surface area contributed by atoms with Crippen LogP contribution < -0.4 is 15.8 Å². The van der Waals surface area contributed by atoms with Crippen molar-refractivity contribution in [1.29, 1.82) is 0 Å². The standard InChI is InChI=1S/C19H31N7O2/c1-4-5-13(2)28-19-23-17(20)18-22-12-15(26(18)24-19)10-14-6-8-25(9-7-21-3)16(27)11-14/h12-14,21H,4-11H2,1-3H3,(H2,20,23,24)/t13-,14?/m0/s1. The number of fused-ring (bicyclic) bond motifs is 1. The van der Waals surface area contributed by atoms with Crippen molar-refractivity contribution in [3.8, 4) is 6.01 Å². The highest BCUT2D eigenvalue weighted by atomic mass is 16.5. The molecule has 3 N–H and O–H groups in total. The number of carbonyl (C=O) groups is 1. The summed E-state index contributed by atoms with van der Waals surface area (Å²) >= 11 is 0. The third-order valence-corrected chi connectivity index (χ3v) is 5.19. The van der Waals surface area contributed by atoms with E-state index in [0.717, 1.165) is 51.0 Å². The molecule has 0 radical (unpaired) electrons. The Kier molecular flexibility index (Phi) is 6.66. The summed E-state index contributed by atoms with van der Waals surface area (Å²) in [7, 11) is 1.90. The molecule has 2 aromatic heterocycles. The molecule has 2 atom stereocenters. The molecule has 3 rings (SSSR count). The van der Waals surface area contributed by atoms with Gasteiger partial charge in [0, 0.05) is 26.1 Å². The van der Waals surface area contributed by atoms with Crippen LogP contribution in [0.2, 0.25) is 0 Å². The second-order valence-corrected chi connectivity index (χ2v) is 7.53. The number of anilines is 1. The van der Waals surface area contributed by atoms with Gasteiger partial charge in [0.1, 0.15) is 0 Å². The second kappa shape index (κ2) is 9.18. The summed E-state index contributed by atoms with van der Waals surface area (Å²) in [6, 6.07) is 0.267. The number of rotatable bonds is 9. The van der Waals surface area contributed by atoms with Crippen LogP contribution in [0.15, 0.2) is 6.20 Å². The number of imidazole rings is 1. The van der Waals surface area contributed by atoms with Crippen LogP contribution in [0.4, 0.5) is 5.82 Å². The molecule has 1 fully saturated rings. The normalized spacial score (nSPS) is 18.6. The summed E-state index contributed by atoms with van der Waals surface area (Å²) in [4.78, 5) is 22.9. The van der Waals surface area contributed by atoms with Crippen molar-refractivity contribution < 1.29 is 9.53 Å². The molecule has 0 spiro atoms. The van der Waals surface area contributed by atoms with Crippen LogP contribution >= 0.6 is 0 Å². The Balaban J connectivity index is 1.71. The maximum absolute atomic E-state index is 12.4. The first kappa shape index (κ1) is 20.3. The largest absolute Gasteiger partial charge is 0.459 e. The smallest absolute Gasteiger partial charge is 0.336 e. The predicted molar refractivity (Wildman–Crippen MR) is 107 cm³/mol. The molecule has 28 heavy (non-hydrogen) atoms. The predicted octanol–water partition coefficient (Wildman–Crippen LogP) is 1.27. The molecule has 1 aliphatic heterocycles. The van der Waals surface area contributed by atoms with Crippen molar-refractivity contribution in [3.63, 3.8) is 0 Å². The van der Waals surface area contributed by atoms with E-state index in [1.165, 1.54) is 0 Å². The van der Waals surface area contributed by atoms with Crippen LogP contribution in [0.5, 0.6) is 6.01 Å². The van der Waals surface area contributed by atoms with E-state index in [1.54, 1.807) is 10.7 Å². The second-order valence-electron chi connectivity index (χ2n) is 7.53. The van der Waals surface area contributed by atoms with Crippen molar-refractivity contribution in [2.45, 2.75) is 52.1 Å². The molecule has 1 aliphatic rings. The lowest BCUT2D eigenvalue weighted by Crippen LogP contribution is -2.42. The van der Waals surface area contributed by atoms with E-state index in [-0.39, 0.29) is 23.9 Å². The monoisotopic (exact) mass is 389 g/mol. The van der Waals surface area contributed by atoms with Gasteiger partial charge in [0.05, 0.1) is 18.0 Å². The molecule has 9 nitrogen and oxygen atoms in total. The van der Waals surface area contributed by atoms with Gasteiger partial charge in [-0.15, -0.1) is 5.10 Å². The molecule has 0 aromatic carbocycles. The van der Waals surface area contributed by atoms with Gasteiger partial charge in [-0.3, -0.25) is 4.79 Å². The minimum absolute atomic E-state index is 0.0216. The van der Waals surface area contributed by atoms with E-state index in [1.807, 2.05) is 18.9 Å². The minimum atomic E-state index is 0.0216. The van der Waals surface area contributed by atoms with Crippen molar-refractivity contribution in [2.75, 3.05) is 32.4 Å². The van der Waals surface area contributed by atoms with Gasteiger partial charge < -0.3 is 20.7 Å². The summed E-state index contributed by atoms with van der Waals surface area (Å²) < 4.78 is 7.53. The Morgan fingerprint density at radius 3 is 3.00 bits per heavy atom. The first-order valence-corrected chi connectivity index (χ1v) is 10.1. The average Bonchev–Trinajstić information content (AvgIpc) is 3.04. The van der Waals surface area contributed by atoms with E-state index in [2.05, 4.69) is 27.3 Å². The number of likely N-dealkylation sites (N-methyl/N-ethyl adjacent to an activating group) is 1. The number of hydrogen-bond acceptors (Lipinski definition) is 7. The number of nitrogen functional groups attached to an aromatic ring is 1. The molecule has 2 aromatic rings. The lowest BCUT2D eigenvalue weighted by molar-refractivity contribution is -0.134. The van der Waals surface area contributed by atoms with Gasteiger partial charge in [-0.1, -0.05) is 13.3 Å². The fourth-order valence-corrected chi connectivity index (χ4v) is 3.66. The molecule has 154 valence electrons. The Bertz CT molecular complexity index is 807. The van der Waals surface area contributed by atoms with Crippen LogP contribution in [0.1, 0.15) is 45.2 Å². The minimum Gasteiger partial charge on any atom is -0.459 e. The number of carbonyl (C=O) groups excluding carboxylic acids is 1. The Morgan fingerprint density at radius 1 is 1.46 bits per heavy atom. The molecule has 0 aliphatic carbocycles. The third kappa shape index (κ3) is 4.70. The number of nitrogens with two attached hydrogens (primary N) is 1. The number of amides is 1. The van der Waals surface area contributed by atoms with Gasteiger partial charge in [0.2, 0.25) is 5.91 Å². The molecule has 1 amide bonds. The SMILES string of the molecule is CCC[C@H](C)Oc1nc(N)c2ncc(CC3CCN(CCNC)C(=O)C3)n2n1. The number of ether oxygens (including phenoxy) is 1. The molecular weight excluding hydrogens is 358 g/mol. The summed E-state index contributed by atoms with van der Waals surface area (Å²) in [5.41, 5.74) is 7.52. The molecule has 1 saturated heterocycles. The third-order valence-electron chi connectivity index (χ3n) is 5.19. The van der Waals surface area contributed by atoms with Crippen molar-refractivity contribution >= 4 is 17.4 Å². The number of likely N-dealkylation sites (tertiary alicyclic amines) is 1. The molecule has 1 unspecified atom stereocenters. The number of piperidine rings is 1. The topological polar surface area (TPSA) is 111 Å². The first-order valence-electron chi connectivity index (χ1n) is 10.1. The zero-order chi connectivity index (χ0) is 20.1. The quantitative estimate of drug-likeness (QED) is 0.664. The lowest BCUT2D eigenvalue weighted by atomic mass is 9.92. The Morgan fingerprint density at radius 2 is 2.29 bits per heavy atom. The van der Waals surface area contributed by atoms with E-state index in [0.29, 0.717) is 17.9 Å². The highest BCUT2D eigenvalue weighted by molar-refractivity contribution is 5.77. The summed E-state index contributed by atoms with van der Waals surface area (Å²) in [5, 5.41) is 7.59. The number of nitrogens with one attached hydrogen (secondary N) is 1. The fraction of sp³-hybridized carbons (Fsp3) is 0.684. The zero-order valence-electron chi connectivity index (χ0n) is 17.0. The average molecular weight is 390 g/mol. The molecular formula is C19H31N7O2. The van der Waals surface area contributed by atoms with Crippen LogP contribution in [-0.4, -0.2) is 63.2 Å². The number of aromatic nitrogens is 4. The molecule has 0 bridgehead atoms. The number of nitrogens with zero attached hydrogens (tertiary/aromatic N) is 5. The molecule has 0 saturated carbocycles. The molecule has 9 heteroatoms. The maximum Gasteiger partial charge on any atom is 0.336 e. The van der Waals surface area contributed by atoms with E-state index in [4.69, 9.17) is 10.5 Å². The van der Waals surface area contributed by atoms with Crippen molar-refractivity contribution in [3.05, 3.63) is 11.9 Å². The molecule has 3 heterocycles. The lowest BCUT2D eigenvalue weighted by Gasteiger charge is -2.31. The van der Waals surface area contributed by atoms with Gasteiger partial charge in [0.25, 0.3) is 0 Å². The highest BCUT2D eigenvalue weighted by Gasteiger charge is 2.26. The van der Waals surface area contributed by atoms with Crippen LogP contribution in [-0.2, 0) is 11.2 Å². The summed E-state index contributed by atoms with van der Waals surface area (Å²) in [5.74, 6) is 0.794. The van der Waals surface area contributed by atoms with Crippen molar-refractivity contribution in [2.24, 2.45) is 5.92 Å². The zero-order valence-corrected chi connectivity index (χ0v) is 17.0. The van der Waals surface area contributed by atoms with E-state index < -0.39 is 0 Å². The Labute approximate surface area is 165 Å². The van der Waals surface area contributed by atoms with Gasteiger partial charge in [-0.2, -0.15) is 4.98 Å². The Hall–Kier alpha value is -2.42. The van der Waals surface area contributed by atoms with Crippen molar-refractivity contribution in [1.82, 2.24) is 29.8 Å². The van der Waals surface area contributed by atoms with Gasteiger partial charge in [-0.05, 0) is 39.2 Å². The highest BCUT2D eigenvalue weighted by Crippen LogP contribution is 2.24. The van der Waals surface area contributed by atoms with Crippen LogP contribution in [0, 0.1) is 5.92 Å². The van der Waals surface area contributed by atoms with Gasteiger partial charge >= 0.3 is 6.01 Å². The summed E-state index contributed by atoms with van der Waals surface area (Å²) in [6.07, 6.45) is 6.00. The summed E-state index contributed by atoms with van der Waals surface area (Å²) in [6.45, 7) is 6.48.